The van der Waals surface area contributed by atoms with Crippen LogP contribution < -0.4 is 15.2 Å². The largest absolute Gasteiger partial charge is 0.490 e. The predicted octanol–water partition coefficient (Wildman–Crippen LogP) is 2.99. The van der Waals surface area contributed by atoms with Crippen LogP contribution in [0.25, 0.3) is 0 Å². The van der Waals surface area contributed by atoms with Gasteiger partial charge in [0, 0.05) is 13.1 Å². The molecule has 0 atom stereocenters. The van der Waals surface area contributed by atoms with Gasteiger partial charge in [-0.25, -0.2) is 0 Å². The van der Waals surface area contributed by atoms with Gasteiger partial charge in [0.15, 0.2) is 11.5 Å². The molecule has 1 rings (SSSR count). The first-order chi connectivity index (χ1) is 10.7. The summed E-state index contributed by atoms with van der Waals surface area (Å²) in [5.41, 5.74) is 6.49. The highest BCUT2D eigenvalue weighted by Crippen LogP contribution is 2.29. The molecule has 0 fully saturated rings. The van der Waals surface area contributed by atoms with Gasteiger partial charge in [0.05, 0.1) is 19.8 Å². The zero-order valence-corrected chi connectivity index (χ0v) is 15.2. The van der Waals surface area contributed by atoms with E-state index in [1.807, 2.05) is 32.0 Å². The molecule has 1 amide bonds. The molecule has 132 valence electrons. The van der Waals surface area contributed by atoms with Crippen LogP contribution in [0.5, 0.6) is 11.5 Å². The SMILES string of the molecule is CCCOc1ccc(CN(CCC)C(=O)CN)cc1OCC.Cl. The summed E-state index contributed by atoms with van der Waals surface area (Å²) in [6.07, 6.45) is 1.85. The van der Waals surface area contributed by atoms with Crippen molar-refractivity contribution in [2.75, 3.05) is 26.3 Å². The fraction of sp³-hybridized carbons (Fsp3) is 0.588. The van der Waals surface area contributed by atoms with E-state index in [4.69, 9.17) is 15.2 Å². The van der Waals surface area contributed by atoms with E-state index in [-0.39, 0.29) is 24.9 Å². The molecule has 1 aromatic carbocycles. The minimum atomic E-state index is -0.0360. The molecule has 0 heterocycles. The fourth-order valence-electron chi connectivity index (χ4n) is 2.16. The van der Waals surface area contributed by atoms with Gasteiger partial charge in [-0.1, -0.05) is 19.9 Å². The Balaban J connectivity index is 0.00000484. The molecule has 0 unspecified atom stereocenters. The van der Waals surface area contributed by atoms with Gasteiger partial charge in [-0.05, 0) is 37.5 Å². The van der Waals surface area contributed by atoms with E-state index >= 15 is 0 Å². The number of carbonyl (C=O) groups excluding carboxylic acids is 1. The van der Waals surface area contributed by atoms with Crippen molar-refractivity contribution in [3.8, 4) is 11.5 Å². The Labute approximate surface area is 145 Å². The quantitative estimate of drug-likeness (QED) is 0.708. The molecule has 0 aliphatic heterocycles. The molecule has 0 spiro atoms. The maximum absolute atomic E-state index is 11.9. The summed E-state index contributed by atoms with van der Waals surface area (Å²) in [5, 5.41) is 0. The summed E-state index contributed by atoms with van der Waals surface area (Å²) >= 11 is 0. The van der Waals surface area contributed by atoms with E-state index in [0.29, 0.717) is 26.3 Å². The van der Waals surface area contributed by atoms with Crippen LogP contribution in [0, 0.1) is 0 Å². The number of nitrogens with two attached hydrogens (primary N) is 1. The van der Waals surface area contributed by atoms with Crippen LogP contribution in [0.3, 0.4) is 0 Å². The van der Waals surface area contributed by atoms with Crippen LogP contribution >= 0.6 is 12.4 Å². The van der Waals surface area contributed by atoms with Gasteiger partial charge < -0.3 is 20.1 Å². The summed E-state index contributed by atoms with van der Waals surface area (Å²) in [4.78, 5) is 13.6. The number of rotatable bonds is 10. The second-order valence-corrected chi connectivity index (χ2v) is 5.08. The van der Waals surface area contributed by atoms with E-state index in [1.165, 1.54) is 0 Å². The fourth-order valence-corrected chi connectivity index (χ4v) is 2.16. The summed E-state index contributed by atoms with van der Waals surface area (Å²) < 4.78 is 11.3. The van der Waals surface area contributed by atoms with Crippen molar-refractivity contribution in [2.45, 2.75) is 40.2 Å². The Morgan fingerprint density at radius 3 is 2.43 bits per heavy atom. The Morgan fingerprint density at radius 2 is 1.87 bits per heavy atom. The van der Waals surface area contributed by atoms with E-state index < -0.39 is 0 Å². The number of ether oxygens (including phenoxy) is 2. The van der Waals surface area contributed by atoms with Crippen molar-refractivity contribution in [1.82, 2.24) is 4.90 Å². The predicted molar refractivity (Wildman–Crippen MR) is 95.4 cm³/mol. The van der Waals surface area contributed by atoms with Gasteiger partial charge in [0.25, 0.3) is 0 Å². The molecule has 23 heavy (non-hydrogen) atoms. The summed E-state index contributed by atoms with van der Waals surface area (Å²) in [7, 11) is 0. The average molecular weight is 345 g/mol. The minimum Gasteiger partial charge on any atom is -0.490 e. The number of nitrogens with zero attached hydrogens (tertiary/aromatic N) is 1. The molecule has 0 bridgehead atoms. The van der Waals surface area contributed by atoms with Crippen molar-refractivity contribution in [1.29, 1.82) is 0 Å². The number of hydrogen-bond acceptors (Lipinski definition) is 4. The Hall–Kier alpha value is -1.46. The van der Waals surface area contributed by atoms with Crippen molar-refractivity contribution in [3.05, 3.63) is 23.8 Å². The van der Waals surface area contributed by atoms with Gasteiger partial charge in [-0.3, -0.25) is 4.79 Å². The summed E-state index contributed by atoms with van der Waals surface area (Å²) in [5.74, 6) is 1.44. The molecule has 2 N–H and O–H groups in total. The van der Waals surface area contributed by atoms with Crippen LogP contribution in [-0.2, 0) is 11.3 Å². The molecular weight excluding hydrogens is 316 g/mol. The monoisotopic (exact) mass is 344 g/mol. The third-order valence-electron chi connectivity index (χ3n) is 3.16. The number of carbonyl (C=O) groups is 1. The van der Waals surface area contributed by atoms with E-state index in [1.54, 1.807) is 4.90 Å². The normalized spacial score (nSPS) is 9.91. The van der Waals surface area contributed by atoms with E-state index in [9.17, 15) is 4.79 Å². The molecular formula is C17H29ClN2O3. The number of benzene rings is 1. The van der Waals surface area contributed by atoms with Crippen molar-refractivity contribution < 1.29 is 14.3 Å². The third-order valence-corrected chi connectivity index (χ3v) is 3.16. The lowest BCUT2D eigenvalue weighted by Crippen LogP contribution is -2.36. The first-order valence-corrected chi connectivity index (χ1v) is 8.02. The molecule has 0 saturated heterocycles. The maximum atomic E-state index is 11.9. The minimum absolute atomic E-state index is 0. The molecule has 6 heteroatoms. The first kappa shape index (κ1) is 21.5. The number of amides is 1. The zero-order chi connectivity index (χ0) is 16.4. The standard InChI is InChI=1S/C17H28N2O3.ClH/c1-4-9-19(17(20)12-18)13-14-7-8-15(22-10-5-2)16(11-14)21-6-3;/h7-8,11H,4-6,9-10,12-13,18H2,1-3H3;1H. The average Bonchev–Trinajstić information content (AvgIpc) is 2.53. The summed E-state index contributed by atoms with van der Waals surface area (Å²) in [6.45, 7) is 8.57. The smallest absolute Gasteiger partial charge is 0.236 e. The van der Waals surface area contributed by atoms with Crippen molar-refractivity contribution >= 4 is 18.3 Å². The first-order valence-electron chi connectivity index (χ1n) is 8.02. The van der Waals surface area contributed by atoms with Gasteiger partial charge >= 0.3 is 0 Å². The second kappa shape index (κ2) is 12.0. The molecule has 0 aliphatic rings. The van der Waals surface area contributed by atoms with Gasteiger partial charge in [-0.2, -0.15) is 0 Å². The second-order valence-electron chi connectivity index (χ2n) is 5.08. The van der Waals surface area contributed by atoms with Crippen LogP contribution in [0.2, 0.25) is 0 Å². The molecule has 1 aromatic rings. The highest BCUT2D eigenvalue weighted by molar-refractivity contribution is 5.85. The van der Waals surface area contributed by atoms with Crippen molar-refractivity contribution in [3.63, 3.8) is 0 Å². The highest BCUT2D eigenvalue weighted by atomic mass is 35.5. The number of hydrogen-bond donors (Lipinski definition) is 1. The van der Waals surface area contributed by atoms with E-state index in [2.05, 4.69) is 6.92 Å². The van der Waals surface area contributed by atoms with Gasteiger partial charge in [-0.15, -0.1) is 12.4 Å². The molecule has 0 aliphatic carbocycles. The van der Waals surface area contributed by atoms with Crippen molar-refractivity contribution in [2.24, 2.45) is 5.73 Å². The maximum Gasteiger partial charge on any atom is 0.236 e. The summed E-state index contributed by atoms with van der Waals surface area (Å²) in [6, 6.07) is 5.83. The topological polar surface area (TPSA) is 64.8 Å². The Kier molecular flexibility index (Phi) is 11.3. The lowest BCUT2D eigenvalue weighted by atomic mass is 10.1. The lowest BCUT2D eigenvalue weighted by Gasteiger charge is -2.22. The zero-order valence-electron chi connectivity index (χ0n) is 14.3. The lowest BCUT2D eigenvalue weighted by molar-refractivity contribution is -0.130. The molecule has 5 nitrogen and oxygen atoms in total. The third kappa shape index (κ3) is 7.10. The van der Waals surface area contributed by atoms with Crippen LogP contribution in [0.15, 0.2) is 18.2 Å². The highest BCUT2D eigenvalue weighted by Gasteiger charge is 2.13. The molecule has 0 saturated carbocycles. The van der Waals surface area contributed by atoms with Crippen LogP contribution in [-0.4, -0.2) is 37.1 Å². The van der Waals surface area contributed by atoms with Gasteiger partial charge in [0.1, 0.15) is 0 Å². The Morgan fingerprint density at radius 1 is 1.13 bits per heavy atom. The van der Waals surface area contributed by atoms with Crippen LogP contribution in [0.1, 0.15) is 39.2 Å². The van der Waals surface area contributed by atoms with E-state index in [0.717, 1.165) is 29.9 Å². The Bertz CT molecular complexity index is 469. The van der Waals surface area contributed by atoms with Crippen LogP contribution in [0.4, 0.5) is 0 Å². The number of halogens is 1. The molecule has 0 aromatic heterocycles. The molecule has 0 radical (unpaired) electrons. The van der Waals surface area contributed by atoms with Gasteiger partial charge in [0.2, 0.25) is 5.91 Å².